The quantitative estimate of drug-likeness (QED) is 0.335. The minimum Gasteiger partial charge on any atom is -0.497 e. The van der Waals surface area contributed by atoms with Crippen molar-refractivity contribution in [2.24, 2.45) is 7.05 Å². The van der Waals surface area contributed by atoms with Gasteiger partial charge in [-0.25, -0.2) is 4.98 Å². The number of ether oxygens (including phenoxy) is 1. The van der Waals surface area contributed by atoms with Crippen molar-refractivity contribution in [3.05, 3.63) is 72.2 Å². The average Bonchev–Trinajstić information content (AvgIpc) is 3.33. The minimum absolute atomic E-state index is 0.601. The Morgan fingerprint density at radius 1 is 1.09 bits per heavy atom. The van der Waals surface area contributed by atoms with Crippen molar-refractivity contribution in [1.82, 2.24) is 19.5 Å². The Morgan fingerprint density at radius 2 is 2.00 bits per heavy atom. The molecule has 0 aliphatic heterocycles. The van der Waals surface area contributed by atoms with E-state index in [0.717, 1.165) is 35.7 Å². The molecule has 0 aliphatic carbocycles. The Hall–Kier alpha value is -4.00. The molecule has 5 aromatic rings. The second kappa shape index (κ2) is 8.26. The maximum absolute atomic E-state index is 5.36. The van der Waals surface area contributed by atoms with Crippen molar-refractivity contribution in [2.75, 3.05) is 24.3 Å². The lowest BCUT2D eigenvalue weighted by Crippen LogP contribution is -2.08. The average molecular weight is 427 g/mol. The van der Waals surface area contributed by atoms with E-state index in [9.17, 15) is 0 Å². The zero-order chi connectivity index (χ0) is 22.1. The van der Waals surface area contributed by atoms with Gasteiger partial charge in [0, 0.05) is 59.2 Å². The minimum atomic E-state index is 0.601. The number of rotatable bonds is 7. The first kappa shape index (κ1) is 19.9. The molecule has 3 aromatic heterocycles. The number of hydrogen-bond donors (Lipinski definition) is 3. The number of aryl methyl sites for hydroxylation is 2. The van der Waals surface area contributed by atoms with Gasteiger partial charge < -0.3 is 24.9 Å². The van der Waals surface area contributed by atoms with E-state index in [1.54, 1.807) is 13.3 Å². The topological polar surface area (TPSA) is 79.8 Å². The van der Waals surface area contributed by atoms with Crippen LogP contribution in [0.3, 0.4) is 0 Å². The summed E-state index contributed by atoms with van der Waals surface area (Å²) in [7, 11) is 3.77. The lowest BCUT2D eigenvalue weighted by molar-refractivity contribution is 0.415. The highest BCUT2D eigenvalue weighted by atomic mass is 16.5. The Balaban J connectivity index is 1.26. The third kappa shape index (κ3) is 3.85. The highest BCUT2D eigenvalue weighted by Crippen LogP contribution is 2.25. The molecule has 162 valence electrons. The maximum atomic E-state index is 5.36. The van der Waals surface area contributed by atoms with Gasteiger partial charge in [0.1, 0.15) is 11.6 Å². The molecule has 0 fully saturated rings. The molecule has 0 unspecified atom stereocenters. The van der Waals surface area contributed by atoms with Crippen molar-refractivity contribution in [3.8, 4) is 5.75 Å². The van der Waals surface area contributed by atoms with Crippen LogP contribution in [0.4, 0.5) is 17.5 Å². The summed E-state index contributed by atoms with van der Waals surface area (Å²) in [6, 6.07) is 16.5. The highest BCUT2D eigenvalue weighted by molar-refractivity contribution is 5.86. The van der Waals surface area contributed by atoms with Crippen LogP contribution < -0.4 is 15.4 Å². The first-order valence-electron chi connectivity index (χ1n) is 10.6. The Morgan fingerprint density at radius 3 is 2.88 bits per heavy atom. The van der Waals surface area contributed by atoms with Gasteiger partial charge in [-0.15, -0.1) is 0 Å². The molecule has 0 saturated carbocycles. The molecular formula is C25H26N6O. The standard InChI is InChI=1S/C25H26N6O/c1-16-12-18-13-19(4-7-23(18)31(16)2)29-24-9-11-27-25(30-24)26-10-8-17-15-28-22-6-5-20(32-3)14-21(17)22/h4-7,9,11-15,28H,8,10H2,1-3H3,(H2,26,27,29,30). The van der Waals surface area contributed by atoms with Crippen molar-refractivity contribution in [1.29, 1.82) is 0 Å². The molecule has 0 aliphatic rings. The van der Waals surface area contributed by atoms with Gasteiger partial charge in [-0.3, -0.25) is 0 Å². The van der Waals surface area contributed by atoms with Gasteiger partial charge in [-0.2, -0.15) is 4.98 Å². The van der Waals surface area contributed by atoms with Crippen LogP contribution in [-0.2, 0) is 13.5 Å². The van der Waals surface area contributed by atoms with Gasteiger partial charge in [-0.05, 0) is 67.4 Å². The molecule has 0 spiro atoms. The molecule has 0 amide bonds. The zero-order valence-electron chi connectivity index (χ0n) is 18.4. The lowest BCUT2D eigenvalue weighted by Gasteiger charge is -2.09. The van der Waals surface area contributed by atoms with Crippen LogP contribution in [-0.4, -0.2) is 33.2 Å². The van der Waals surface area contributed by atoms with E-state index in [0.29, 0.717) is 5.95 Å². The number of hydrogen-bond acceptors (Lipinski definition) is 5. The van der Waals surface area contributed by atoms with Crippen molar-refractivity contribution in [2.45, 2.75) is 13.3 Å². The Kier molecular flexibility index (Phi) is 5.15. The Bertz CT molecular complexity index is 1400. The van der Waals surface area contributed by atoms with Gasteiger partial charge in [0.15, 0.2) is 0 Å². The largest absolute Gasteiger partial charge is 0.497 e. The predicted molar refractivity (Wildman–Crippen MR) is 130 cm³/mol. The second-order valence-electron chi connectivity index (χ2n) is 7.91. The number of nitrogens with zero attached hydrogens (tertiary/aromatic N) is 3. The van der Waals surface area contributed by atoms with Crippen LogP contribution in [0, 0.1) is 6.92 Å². The third-order valence-corrected chi connectivity index (χ3v) is 5.86. The van der Waals surface area contributed by atoms with Crippen LogP contribution in [0.25, 0.3) is 21.8 Å². The molecule has 3 N–H and O–H groups in total. The summed E-state index contributed by atoms with van der Waals surface area (Å²) < 4.78 is 7.55. The number of methoxy groups -OCH3 is 1. The van der Waals surface area contributed by atoms with E-state index in [1.807, 2.05) is 24.4 Å². The number of fused-ring (bicyclic) bond motifs is 2. The van der Waals surface area contributed by atoms with E-state index >= 15 is 0 Å². The predicted octanol–water partition coefficient (Wildman–Crippen LogP) is 5.16. The van der Waals surface area contributed by atoms with E-state index in [1.165, 1.54) is 27.5 Å². The van der Waals surface area contributed by atoms with Crippen molar-refractivity contribution in [3.63, 3.8) is 0 Å². The number of benzene rings is 2. The summed E-state index contributed by atoms with van der Waals surface area (Å²) in [4.78, 5) is 12.3. The SMILES string of the molecule is COc1ccc2[nH]cc(CCNc3nccc(Nc4ccc5c(c4)cc(C)n5C)n3)c2c1. The molecule has 5 rings (SSSR count). The first-order chi connectivity index (χ1) is 15.6. The van der Waals surface area contributed by atoms with Crippen LogP contribution in [0.2, 0.25) is 0 Å². The number of aromatic nitrogens is 4. The van der Waals surface area contributed by atoms with E-state index in [4.69, 9.17) is 4.74 Å². The third-order valence-electron chi connectivity index (χ3n) is 5.86. The molecule has 32 heavy (non-hydrogen) atoms. The maximum Gasteiger partial charge on any atom is 0.224 e. The molecule has 0 radical (unpaired) electrons. The Labute approximate surface area is 186 Å². The normalized spacial score (nSPS) is 11.2. The molecule has 0 bridgehead atoms. The lowest BCUT2D eigenvalue weighted by atomic mass is 10.1. The van der Waals surface area contributed by atoms with Crippen LogP contribution in [0.15, 0.2) is 60.9 Å². The van der Waals surface area contributed by atoms with Crippen LogP contribution >= 0.6 is 0 Å². The van der Waals surface area contributed by atoms with Gasteiger partial charge in [-0.1, -0.05) is 0 Å². The van der Waals surface area contributed by atoms with Crippen molar-refractivity contribution < 1.29 is 4.74 Å². The second-order valence-corrected chi connectivity index (χ2v) is 7.91. The van der Waals surface area contributed by atoms with E-state index in [-0.39, 0.29) is 0 Å². The first-order valence-corrected chi connectivity index (χ1v) is 10.6. The molecular weight excluding hydrogens is 400 g/mol. The van der Waals surface area contributed by atoms with Gasteiger partial charge >= 0.3 is 0 Å². The molecule has 0 saturated heterocycles. The highest BCUT2D eigenvalue weighted by Gasteiger charge is 2.07. The summed E-state index contributed by atoms with van der Waals surface area (Å²) in [5.74, 6) is 2.22. The zero-order valence-corrected chi connectivity index (χ0v) is 18.4. The summed E-state index contributed by atoms with van der Waals surface area (Å²) in [5, 5.41) is 9.10. The van der Waals surface area contributed by atoms with Gasteiger partial charge in [0.25, 0.3) is 0 Å². The molecule has 7 nitrogen and oxygen atoms in total. The number of anilines is 3. The van der Waals surface area contributed by atoms with Gasteiger partial charge in [0.2, 0.25) is 5.95 Å². The van der Waals surface area contributed by atoms with Crippen molar-refractivity contribution >= 4 is 39.3 Å². The fraction of sp³-hybridized carbons (Fsp3) is 0.200. The molecule has 2 aromatic carbocycles. The monoisotopic (exact) mass is 426 g/mol. The summed E-state index contributed by atoms with van der Waals surface area (Å²) in [5.41, 5.74) is 5.79. The number of aromatic amines is 1. The van der Waals surface area contributed by atoms with Gasteiger partial charge in [0.05, 0.1) is 7.11 Å². The van der Waals surface area contributed by atoms with Crippen LogP contribution in [0.5, 0.6) is 5.75 Å². The number of nitrogens with one attached hydrogen (secondary N) is 3. The fourth-order valence-electron chi connectivity index (χ4n) is 4.03. The summed E-state index contributed by atoms with van der Waals surface area (Å²) in [6.07, 6.45) is 4.66. The summed E-state index contributed by atoms with van der Waals surface area (Å²) in [6.45, 7) is 2.84. The summed E-state index contributed by atoms with van der Waals surface area (Å²) >= 11 is 0. The smallest absolute Gasteiger partial charge is 0.224 e. The number of H-pyrrole nitrogens is 1. The van der Waals surface area contributed by atoms with E-state index in [2.05, 4.69) is 74.5 Å². The molecule has 7 heteroatoms. The molecule has 3 heterocycles. The van der Waals surface area contributed by atoms with Crippen LogP contribution in [0.1, 0.15) is 11.3 Å². The fourth-order valence-corrected chi connectivity index (χ4v) is 4.03. The molecule has 0 atom stereocenters. The van der Waals surface area contributed by atoms with E-state index < -0.39 is 0 Å².